The number of nitrogens with zero attached hydrogens (tertiary/aromatic N) is 1. The summed E-state index contributed by atoms with van der Waals surface area (Å²) in [7, 11) is 0. The molecule has 0 aromatic heterocycles. The highest BCUT2D eigenvalue weighted by atomic mass is 79.9. The van der Waals surface area contributed by atoms with Crippen LogP contribution in [0.25, 0.3) is 6.08 Å². The zero-order chi connectivity index (χ0) is 16.4. The van der Waals surface area contributed by atoms with E-state index in [0.717, 1.165) is 21.2 Å². The quantitative estimate of drug-likeness (QED) is 0.658. The number of urea groups is 1. The van der Waals surface area contributed by atoms with Crippen molar-refractivity contribution in [3.05, 3.63) is 75.4 Å². The molecule has 1 N–H and O–H groups in total. The Morgan fingerprint density at radius 1 is 1.09 bits per heavy atom. The van der Waals surface area contributed by atoms with Crippen LogP contribution in [0, 0.1) is 6.92 Å². The molecule has 4 nitrogen and oxygen atoms in total. The second-order valence-electron chi connectivity index (χ2n) is 5.36. The molecule has 1 aliphatic rings. The number of carbonyl (C=O) groups excluding carboxylic acids is 2. The lowest BCUT2D eigenvalue weighted by Gasteiger charge is -2.11. The lowest BCUT2D eigenvalue weighted by molar-refractivity contribution is -0.123. The van der Waals surface area contributed by atoms with E-state index in [0.29, 0.717) is 5.70 Å². The second-order valence-corrected chi connectivity index (χ2v) is 6.28. The van der Waals surface area contributed by atoms with Gasteiger partial charge in [0.2, 0.25) is 0 Å². The highest BCUT2D eigenvalue weighted by Crippen LogP contribution is 2.19. The van der Waals surface area contributed by atoms with Crippen LogP contribution < -0.4 is 5.32 Å². The number of hydrogen-bond donors (Lipinski definition) is 1. The van der Waals surface area contributed by atoms with Crippen molar-refractivity contribution in [2.45, 2.75) is 13.5 Å². The van der Waals surface area contributed by atoms with Gasteiger partial charge >= 0.3 is 6.03 Å². The molecule has 0 atom stereocenters. The summed E-state index contributed by atoms with van der Waals surface area (Å²) in [6, 6.07) is 14.9. The van der Waals surface area contributed by atoms with Crippen LogP contribution in [0.4, 0.5) is 4.79 Å². The smallest absolute Gasteiger partial charge is 0.303 e. The van der Waals surface area contributed by atoms with Gasteiger partial charge < -0.3 is 5.32 Å². The van der Waals surface area contributed by atoms with E-state index in [2.05, 4.69) is 21.2 Å². The first kappa shape index (κ1) is 15.5. The third-order valence-electron chi connectivity index (χ3n) is 3.70. The fraction of sp³-hybridized carbons (Fsp3) is 0.111. The van der Waals surface area contributed by atoms with Crippen molar-refractivity contribution < 1.29 is 9.59 Å². The Kier molecular flexibility index (Phi) is 4.30. The van der Waals surface area contributed by atoms with Gasteiger partial charge in [-0.1, -0.05) is 52.3 Å². The molecule has 0 radical (unpaired) electrons. The lowest BCUT2D eigenvalue weighted by Crippen LogP contribution is -2.30. The van der Waals surface area contributed by atoms with Crippen molar-refractivity contribution in [3.8, 4) is 0 Å². The number of rotatable bonds is 3. The topological polar surface area (TPSA) is 49.4 Å². The molecule has 116 valence electrons. The molecule has 2 aromatic carbocycles. The summed E-state index contributed by atoms with van der Waals surface area (Å²) >= 11 is 3.37. The third kappa shape index (κ3) is 3.35. The van der Waals surface area contributed by atoms with Crippen LogP contribution in [0.2, 0.25) is 0 Å². The van der Waals surface area contributed by atoms with Gasteiger partial charge in [-0.25, -0.2) is 4.79 Å². The van der Waals surface area contributed by atoms with Crippen LogP contribution >= 0.6 is 15.9 Å². The molecule has 1 aliphatic heterocycles. The Balaban J connectivity index is 1.82. The molecule has 2 aromatic rings. The fourth-order valence-electron chi connectivity index (χ4n) is 2.39. The van der Waals surface area contributed by atoms with Gasteiger partial charge in [-0.3, -0.25) is 9.69 Å². The molecule has 1 heterocycles. The average Bonchev–Trinajstić information content (AvgIpc) is 2.79. The Morgan fingerprint density at radius 2 is 1.78 bits per heavy atom. The minimum Gasteiger partial charge on any atom is -0.303 e. The molecule has 5 heteroatoms. The molecule has 0 saturated carbocycles. The fourth-order valence-corrected chi connectivity index (χ4v) is 2.66. The van der Waals surface area contributed by atoms with Crippen LogP contribution in [0.3, 0.4) is 0 Å². The van der Waals surface area contributed by atoms with Crippen molar-refractivity contribution in [2.75, 3.05) is 0 Å². The van der Waals surface area contributed by atoms with E-state index in [9.17, 15) is 9.59 Å². The van der Waals surface area contributed by atoms with E-state index >= 15 is 0 Å². The van der Waals surface area contributed by atoms with Crippen LogP contribution in [-0.2, 0) is 11.3 Å². The first-order chi connectivity index (χ1) is 11.0. The molecule has 3 amide bonds. The number of amides is 3. The molecule has 1 fully saturated rings. The van der Waals surface area contributed by atoms with E-state index in [1.807, 2.05) is 55.5 Å². The molecule has 1 saturated heterocycles. The average molecular weight is 371 g/mol. The van der Waals surface area contributed by atoms with E-state index in [1.54, 1.807) is 6.08 Å². The van der Waals surface area contributed by atoms with E-state index < -0.39 is 6.03 Å². The Labute approximate surface area is 142 Å². The van der Waals surface area contributed by atoms with Crippen molar-refractivity contribution in [3.63, 3.8) is 0 Å². The van der Waals surface area contributed by atoms with Gasteiger partial charge in [-0.2, -0.15) is 0 Å². The van der Waals surface area contributed by atoms with Gasteiger partial charge in [0.1, 0.15) is 5.70 Å². The molecular formula is C18H15BrN2O2. The molecule has 0 aliphatic carbocycles. The van der Waals surface area contributed by atoms with E-state index in [-0.39, 0.29) is 12.5 Å². The van der Waals surface area contributed by atoms with E-state index in [1.165, 1.54) is 4.90 Å². The summed E-state index contributed by atoms with van der Waals surface area (Å²) in [6.07, 6.45) is 1.72. The number of benzene rings is 2. The second kappa shape index (κ2) is 6.38. The van der Waals surface area contributed by atoms with Gasteiger partial charge in [0.15, 0.2) is 0 Å². The summed E-state index contributed by atoms with van der Waals surface area (Å²) in [5, 5.41) is 2.65. The predicted molar refractivity (Wildman–Crippen MR) is 92.4 cm³/mol. The Hall–Kier alpha value is -2.40. The minimum atomic E-state index is -0.391. The maximum absolute atomic E-state index is 12.5. The maximum atomic E-state index is 12.5. The number of aryl methyl sites for hydroxylation is 1. The first-order valence-corrected chi connectivity index (χ1v) is 7.98. The maximum Gasteiger partial charge on any atom is 0.329 e. The highest BCUT2D eigenvalue weighted by molar-refractivity contribution is 9.10. The SMILES string of the molecule is Cc1ccccc1/C=C1\NC(=O)N(Cc2ccc(Br)cc2)C1=O. The summed E-state index contributed by atoms with van der Waals surface area (Å²) in [6.45, 7) is 2.22. The van der Waals surface area contributed by atoms with Gasteiger partial charge in [0.05, 0.1) is 6.54 Å². The van der Waals surface area contributed by atoms with Gasteiger partial charge in [0.25, 0.3) is 5.91 Å². The molecule has 0 bridgehead atoms. The largest absolute Gasteiger partial charge is 0.329 e. The van der Waals surface area contributed by atoms with Crippen LogP contribution in [-0.4, -0.2) is 16.8 Å². The van der Waals surface area contributed by atoms with Gasteiger partial charge in [0, 0.05) is 4.47 Å². The number of halogens is 1. The number of carbonyl (C=O) groups is 2. The minimum absolute atomic E-state index is 0.253. The normalized spacial score (nSPS) is 16.1. The van der Waals surface area contributed by atoms with Crippen molar-refractivity contribution in [1.82, 2.24) is 10.2 Å². The van der Waals surface area contributed by atoms with Crippen molar-refractivity contribution >= 4 is 33.9 Å². The molecule has 0 unspecified atom stereocenters. The van der Waals surface area contributed by atoms with Crippen LogP contribution in [0.5, 0.6) is 0 Å². The van der Waals surface area contributed by atoms with Gasteiger partial charge in [-0.15, -0.1) is 0 Å². The predicted octanol–water partition coefficient (Wildman–Crippen LogP) is 3.85. The van der Waals surface area contributed by atoms with Crippen LogP contribution in [0.15, 0.2) is 58.7 Å². The zero-order valence-corrected chi connectivity index (χ0v) is 14.1. The Bertz CT molecular complexity index is 797. The third-order valence-corrected chi connectivity index (χ3v) is 4.23. The molecular weight excluding hydrogens is 356 g/mol. The zero-order valence-electron chi connectivity index (χ0n) is 12.5. The molecule has 3 rings (SSSR count). The monoisotopic (exact) mass is 370 g/mol. The Morgan fingerprint density at radius 3 is 2.48 bits per heavy atom. The first-order valence-electron chi connectivity index (χ1n) is 7.19. The number of imide groups is 1. The summed E-state index contributed by atoms with van der Waals surface area (Å²) in [5.74, 6) is -0.304. The lowest BCUT2D eigenvalue weighted by atomic mass is 10.1. The van der Waals surface area contributed by atoms with Gasteiger partial charge in [-0.05, 0) is 41.8 Å². The molecule has 0 spiro atoms. The number of hydrogen-bond acceptors (Lipinski definition) is 2. The van der Waals surface area contributed by atoms with Crippen LogP contribution in [0.1, 0.15) is 16.7 Å². The highest BCUT2D eigenvalue weighted by Gasteiger charge is 2.33. The molecule has 23 heavy (non-hydrogen) atoms. The number of nitrogens with one attached hydrogen (secondary N) is 1. The van der Waals surface area contributed by atoms with Crippen molar-refractivity contribution in [1.29, 1.82) is 0 Å². The van der Waals surface area contributed by atoms with Crippen molar-refractivity contribution in [2.24, 2.45) is 0 Å². The summed E-state index contributed by atoms with van der Waals surface area (Å²) in [5.41, 5.74) is 3.17. The summed E-state index contributed by atoms with van der Waals surface area (Å²) < 4.78 is 0.957. The standard InChI is InChI=1S/C18H15BrN2O2/c1-12-4-2-3-5-14(12)10-16-17(22)21(18(23)20-16)11-13-6-8-15(19)9-7-13/h2-10H,11H2,1H3,(H,20,23)/b16-10-. The summed E-state index contributed by atoms with van der Waals surface area (Å²) in [4.78, 5) is 25.8. The van der Waals surface area contributed by atoms with E-state index in [4.69, 9.17) is 0 Å².